The van der Waals surface area contributed by atoms with Gasteiger partial charge in [-0.25, -0.2) is 0 Å². The molecule has 1 aliphatic rings. The molecule has 0 aliphatic carbocycles. The number of hydrogen-bond acceptors (Lipinski definition) is 5. The highest BCUT2D eigenvalue weighted by atomic mass is 16.1. The first kappa shape index (κ1) is 12.8. The van der Waals surface area contributed by atoms with Gasteiger partial charge in [0.15, 0.2) is 5.69 Å². The number of anilines is 1. The normalized spacial score (nSPS) is 20.6. The number of piperidine rings is 1. The molecular formula is C12H19N5O. The Hall–Kier alpha value is -1.69. The van der Waals surface area contributed by atoms with Crippen LogP contribution >= 0.6 is 0 Å². The lowest BCUT2D eigenvalue weighted by molar-refractivity contribution is 0.0994. The molecule has 6 nitrogen and oxygen atoms in total. The summed E-state index contributed by atoms with van der Waals surface area (Å²) in [5.74, 6) is 0.776. The SMILES string of the molecule is CN1CCCC(CNc2ccc(C(N)=O)nn2)C1. The molecule has 2 heterocycles. The molecule has 1 fully saturated rings. The molecule has 1 aromatic rings. The molecule has 18 heavy (non-hydrogen) atoms. The van der Waals surface area contributed by atoms with Gasteiger partial charge in [-0.05, 0) is 44.5 Å². The van der Waals surface area contributed by atoms with Gasteiger partial charge in [0.05, 0.1) is 0 Å². The molecule has 0 radical (unpaired) electrons. The minimum atomic E-state index is -0.553. The van der Waals surface area contributed by atoms with Crippen molar-refractivity contribution in [1.29, 1.82) is 0 Å². The van der Waals surface area contributed by atoms with Gasteiger partial charge in [-0.3, -0.25) is 4.79 Å². The summed E-state index contributed by atoms with van der Waals surface area (Å²) in [6.07, 6.45) is 2.49. The second-order valence-electron chi connectivity index (χ2n) is 4.82. The van der Waals surface area contributed by atoms with Crippen LogP contribution in [0.2, 0.25) is 0 Å². The van der Waals surface area contributed by atoms with Crippen molar-refractivity contribution in [3.05, 3.63) is 17.8 Å². The first-order valence-electron chi connectivity index (χ1n) is 6.21. The summed E-state index contributed by atoms with van der Waals surface area (Å²) in [6.45, 7) is 3.18. The molecule has 98 valence electrons. The summed E-state index contributed by atoms with van der Waals surface area (Å²) in [4.78, 5) is 13.2. The van der Waals surface area contributed by atoms with Crippen LogP contribution in [-0.4, -0.2) is 47.7 Å². The highest BCUT2D eigenvalue weighted by Gasteiger charge is 2.16. The molecule has 0 bridgehead atoms. The average molecular weight is 249 g/mol. The van der Waals surface area contributed by atoms with Crippen LogP contribution in [0.1, 0.15) is 23.3 Å². The van der Waals surface area contributed by atoms with Crippen molar-refractivity contribution < 1.29 is 4.79 Å². The number of likely N-dealkylation sites (tertiary alicyclic amines) is 1. The summed E-state index contributed by atoms with van der Waals surface area (Å²) in [7, 11) is 2.15. The van der Waals surface area contributed by atoms with E-state index in [1.807, 2.05) is 0 Å². The lowest BCUT2D eigenvalue weighted by atomic mass is 9.98. The Kier molecular flexibility index (Phi) is 4.09. The maximum Gasteiger partial charge on any atom is 0.269 e. The van der Waals surface area contributed by atoms with Gasteiger partial charge < -0.3 is 16.0 Å². The van der Waals surface area contributed by atoms with Crippen LogP contribution in [-0.2, 0) is 0 Å². The van der Waals surface area contributed by atoms with Crippen LogP contribution in [0.5, 0.6) is 0 Å². The Labute approximate surface area is 107 Å². The molecule has 0 saturated carbocycles. The van der Waals surface area contributed by atoms with E-state index < -0.39 is 5.91 Å². The number of carbonyl (C=O) groups is 1. The largest absolute Gasteiger partial charge is 0.368 e. The Balaban J connectivity index is 1.84. The van der Waals surface area contributed by atoms with E-state index in [-0.39, 0.29) is 5.69 Å². The number of rotatable bonds is 4. The van der Waals surface area contributed by atoms with E-state index in [9.17, 15) is 4.79 Å². The van der Waals surface area contributed by atoms with E-state index >= 15 is 0 Å². The van der Waals surface area contributed by atoms with Crippen LogP contribution in [0.15, 0.2) is 12.1 Å². The zero-order valence-corrected chi connectivity index (χ0v) is 10.6. The summed E-state index contributed by atoms with van der Waals surface area (Å²) < 4.78 is 0. The van der Waals surface area contributed by atoms with Crippen molar-refractivity contribution in [1.82, 2.24) is 15.1 Å². The second kappa shape index (κ2) is 5.77. The first-order chi connectivity index (χ1) is 8.65. The van der Waals surface area contributed by atoms with Crippen molar-refractivity contribution in [3.8, 4) is 0 Å². The van der Waals surface area contributed by atoms with Crippen LogP contribution in [0.3, 0.4) is 0 Å². The second-order valence-corrected chi connectivity index (χ2v) is 4.82. The van der Waals surface area contributed by atoms with E-state index in [4.69, 9.17) is 5.73 Å². The lowest BCUT2D eigenvalue weighted by Crippen LogP contribution is -2.35. The van der Waals surface area contributed by atoms with Crippen molar-refractivity contribution >= 4 is 11.7 Å². The summed E-state index contributed by atoms with van der Waals surface area (Å²) in [6, 6.07) is 3.32. The van der Waals surface area contributed by atoms with E-state index in [1.165, 1.54) is 19.4 Å². The van der Waals surface area contributed by atoms with Crippen molar-refractivity contribution in [2.24, 2.45) is 11.7 Å². The third-order valence-electron chi connectivity index (χ3n) is 3.21. The van der Waals surface area contributed by atoms with E-state index in [0.717, 1.165) is 13.1 Å². The van der Waals surface area contributed by atoms with Crippen molar-refractivity contribution in [2.45, 2.75) is 12.8 Å². The van der Waals surface area contributed by atoms with Crippen molar-refractivity contribution in [2.75, 3.05) is 32.0 Å². The van der Waals surface area contributed by atoms with Crippen LogP contribution < -0.4 is 11.1 Å². The molecule has 0 spiro atoms. The molecule has 1 saturated heterocycles. The third-order valence-corrected chi connectivity index (χ3v) is 3.21. The fourth-order valence-corrected chi connectivity index (χ4v) is 2.25. The van der Waals surface area contributed by atoms with E-state index in [2.05, 4.69) is 27.5 Å². The molecule has 1 amide bonds. The van der Waals surface area contributed by atoms with Gasteiger partial charge in [0, 0.05) is 13.1 Å². The molecular weight excluding hydrogens is 230 g/mol. The summed E-state index contributed by atoms with van der Waals surface area (Å²) in [5, 5.41) is 10.9. The predicted octanol–water partition coefficient (Wildman–Crippen LogP) is 0.329. The molecule has 6 heteroatoms. The Morgan fingerprint density at radius 3 is 3.00 bits per heavy atom. The highest BCUT2D eigenvalue weighted by Crippen LogP contribution is 2.15. The van der Waals surface area contributed by atoms with Crippen molar-refractivity contribution in [3.63, 3.8) is 0 Å². The van der Waals surface area contributed by atoms with Gasteiger partial charge in [-0.1, -0.05) is 0 Å². The van der Waals surface area contributed by atoms with Gasteiger partial charge in [-0.15, -0.1) is 10.2 Å². The Morgan fingerprint density at radius 2 is 2.39 bits per heavy atom. The molecule has 1 unspecified atom stereocenters. The predicted molar refractivity (Wildman–Crippen MR) is 69.3 cm³/mol. The molecule has 3 N–H and O–H groups in total. The molecule has 1 atom stereocenters. The highest BCUT2D eigenvalue weighted by molar-refractivity contribution is 5.90. The Morgan fingerprint density at radius 1 is 1.56 bits per heavy atom. The van der Waals surface area contributed by atoms with Crippen LogP contribution in [0, 0.1) is 5.92 Å². The maximum absolute atomic E-state index is 10.8. The number of aromatic nitrogens is 2. The number of nitrogens with one attached hydrogen (secondary N) is 1. The number of nitrogens with two attached hydrogens (primary N) is 1. The average Bonchev–Trinajstić information content (AvgIpc) is 2.37. The summed E-state index contributed by atoms with van der Waals surface area (Å²) in [5.41, 5.74) is 5.30. The van der Waals surface area contributed by atoms with Crippen LogP contribution in [0.4, 0.5) is 5.82 Å². The number of nitrogens with zero attached hydrogens (tertiary/aromatic N) is 3. The lowest BCUT2D eigenvalue weighted by Gasteiger charge is -2.29. The quantitative estimate of drug-likeness (QED) is 0.803. The zero-order chi connectivity index (χ0) is 13.0. The van der Waals surface area contributed by atoms with Gasteiger partial charge in [-0.2, -0.15) is 0 Å². The van der Waals surface area contributed by atoms with Gasteiger partial charge in [0.2, 0.25) is 0 Å². The van der Waals surface area contributed by atoms with E-state index in [0.29, 0.717) is 11.7 Å². The zero-order valence-electron chi connectivity index (χ0n) is 10.6. The van der Waals surface area contributed by atoms with Gasteiger partial charge >= 0.3 is 0 Å². The van der Waals surface area contributed by atoms with Crippen LogP contribution in [0.25, 0.3) is 0 Å². The number of hydrogen-bond donors (Lipinski definition) is 2. The fourth-order valence-electron chi connectivity index (χ4n) is 2.25. The van der Waals surface area contributed by atoms with E-state index in [1.54, 1.807) is 12.1 Å². The minimum absolute atomic E-state index is 0.193. The fraction of sp³-hybridized carbons (Fsp3) is 0.583. The maximum atomic E-state index is 10.8. The smallest absolute Gasteiger partial charge is 0.269 e. The monoisotopic (exact) mass is 249 g/mol. The Bertz CT molecular complexity index is 405. The molecule has 1 aromatic heterocycles. The first-order valence-corrected chi connectivity index (χ1v) is 6.21. The number of amides is 1. The minimum Gasteiger partial charge on any atom is -0.368 e. The topological polar surface area (TPSA) is 84.1 Å². The molecule has 1 aliphatic heterocycles. The van der Waals surface area contributed by atoms with Gasteiger partial charge in [0.25, 0.3) is 5.91 Å². The number of carbonyl (C=O) groups excluding carboxylic acids is 1. The molecule has 2 rings (SSSR count). The molecule has 0 aromatic carbocycles. The third kappa shape index (κ3) is 3.40. The standard InChI is InChI=1S/C12H19N5O/c1-17-6-2-3-9(8-17)7-14-11-5-4-10(12(13)18)15-16-11/h4-5,9H,2-3,6-8H2,1H3,(H2,13,18)(H,14,16). The number of primary amides is 1. The summed E-state index contributed by atoms with van der Waals surface area (Å²) >= 11 is 0. The van der Waals surface area contributed by atoms with Gasteiger partial charge in [0.1, 0.15) is 5.82 Å².